The van der Waals surface area contributed by atoms with Crippen LogP contribution >= 0.6 is 0 Å². The molecule has 25 heavy (non-hydrogen) atoms. The largest absolute Gasteiger partial charge is 0.379 e. The zero-order chi connectivity index (χ0) is 18.0. The zero-order valence-corrected chi connectivity index (χ0v) is 15.0. The molecule has 134 valence electrons. The van der Waals surface area contributed by atoms with Gasteiger partial charge in [-0.25, -0.2) is 17.7 Å². The summed E-state index contributed by atoms with van der Waals surface area (Å²) in [7, 11) is -0.362. The van der Waals surface area contributed by atoms with E-state index >= 15 is 0 Å². The molecule has 0 unspecified atom stereocenters. The van der Waals surface area contributed by atoms with Gasteiger partial charge in [0.15, 0.2) is 0 Å². The van der Waals surface area contributed by atoms with Crippen molar-refractivity contribution >= 4 is 26.8 Å². The zero-order valence-electron chi connectivity index (χ0n) is 14.2. The summed E-state index contributed by atoms with van der Waals surface area (Å²) < 4.78 is 30.7. The molecule has 3 rings (SSSR count). The second kappa shape index (κ2) is 7.07. The Labute approximate surface area is 147 Å². The highest BCUT2D eigenvalue weighted by Crippen LogP contribution is 2.18. The number of nitrogens with zero attached hydrogens (tertiary/aromatic N) is 2. The van der Waals surface area contributed by atoms with Crippen LogP contribution in [0.2, 0.25) is 0 Å². The minimum Gasteiger partial charge on any atom is -0.379 e. The highest BCUT2D eigenvalue weighted by molar-refractivity contribution is 7.89. The quantitative estimate of drug-likeness (QED) is 0.852. The minimum atomic E-state index is -3.36. The number of hydrogen-bond acceptors (Lipinski definition) is 5. The van der Waals surface area contributed by atoms with Gasteiger partial charge in [0.1, 0.15) is 5.69 Å². The number of carbonyl (C=O) groups excluding carboxylic acids is 1. The number of benzene rings is 1. The van der Waals surface area contributed by atoms with Crippen LogP contribution in [0.3, 0.4) is 0 Å². The van der Waals surface area contributed by atoms with Crippen LogP contribution in [0.25, 0.3) is 10.9 Å². The molecule has 2 heterocycles. The highest BCUT2D eigenvalue weighted by Gasteiger charge is 2.34. The first kappa shape index (κ1) is 17.8. The lowest BCUT2D eigenvalue weighted by atomic mass is 10.1. The van der Waals surface area contributed by atoms with Crippen molar-refractivity contribution in [1.29, 1.82) is 0 Å². The van der Waals surface area contributed by atoms with E-state index in [1.54, 1.807) is 6.07 Å². The molecule has 1 aliphatic rings. The third-order valence-corrected chi connectivity index (χ3v) is 6.29. The van der Waals surface area contributed by atoms with Crippen molar-refractivity contribution in [2.45, 2.75) is 6.04 Å². The van der Waals surface area contributed by atoms with E-state index in [4.69, 9.17) is 4.74 Å². The standard InChI is InChI=1S/C17H21N3O4S/c1-20(2)25(22,23)11-13-9-24-10-16(13)19-17(21)15-8-7-12-5-3-4-6-14(12)18-15/h3-8,13,16H,9-11H2,1-2H3,(H,19,21)/t13-,16+/m0/s1. The summed E-state index contributed by atoms with van der Waals surface area (Å²) in [4.78, 5) is 16.9. The van der Waals surface area contributed by atoms with Gasteiger partial charge in [0.05, 0.1) is 30.5 Å². The maximum atomic E-state index is 12.5. The molecule has 1 N–H and O–H groups in total. The first-order valence-electron chi connectivity index (χ1n) is 8.01. The molecule has 1 aliphatic heterocycles. The Morgan fingerprint density at radius 3 is 2.76 bits per heavy atom. The molecule has 1 aromatic carbocycles. The Bertz CT molecular complexity index is 882. The maximum absolute atomic E-state index is 12.5. The van der Waals surface area contributed by atoms with E-state index in [1.165, 1.54) is 18.4 Å². The fraction of sp³-hybridized carbons (Fsp3) is 0.412. The van der Waals surface area contributed by atoms with Gasteiger partial charge in [-0.1, -0.05) is 24.3 Å². The number of hydrogen-bond donors (Lipinski definition) is 1. The van der Waals surface area contributed by atoms with Crippen molar-refractivity contribution in [3.05, 3.63) is 42.1 Å². The summed E-state index contributed by atoms with van der Waals surface area (Å²) in [5.74, 6) is -0.666. The molecule has 0 spiro atoms. The fourth-order valence-corrected chi connectivity index (χ4v) is 3.94. The van der Waals surface area contributed by atoms with Crippen LogP contribution < -0.4 is 5.32 Å². The lowest BCUT2D eigenvalue weighted by Crippen LogP contribution is -2.43. The fourth-order valence-electron chi connectivity index (χ4n) is 2.78. The summed E-state index contributed by atoms with van der Waals surface area (Å²) in [6, 6.07) is 10.7. The van der Waals surface area contributed by atoms with E-state index in [-0.39, 0.29) is 23.6 Å². The predicted molar refractivity (Wildman–Crippen MR) is 94.8 cm³/mol. The molecule has 0 saturated carbocycles. The first-order chi connectivity index (χ1) is 11.9. The Hall–Kier alpha value is -2.03. The van der Waals surface area contributed by atoms with Gasteiger partial charge in [-0.05, 0) is 12.1 Å². The Kier molecular flexibility index (Phi) is 5.03. The lowest BCUT2D eigenvalue weighted by Gasteiger charge is -2.20. The normalized spacial score (nSPS) is 20.9. The number of para-hydroxylation sites is 1. The van der Waals surface area contributed by atoms with E-state index in [0.717, 1.165) is 10.9 Å². The van der Waals surface area contributed by atoms with E-state index < -0.39 is 10.0 Å². The van der Waals surface area contributed by atoms with Gasteiger partial charge in [-0.15, -0.1) is 0 Å². The van der Waals surface area contributed by atoms with E-state index in [0.29, 0.717) is 18.9 Å². The van der Waals surface area contributed by atoms with E-state index in [9.17, 15) is 13.2 Å². The average molecular weight is 363 g/mol. The molecule has 2 aromatic rings. The van der Waals surface area contributed by atoms with Crippen LogP contribution in [0.15, 0.2) is 36.4 Å². The molecule has 7 nitrogen and oxygen atoms in total. The van der Waals surface area contributed by atoms with Crippen LogP contribution in [-0.4, -0.2) is 62.7 Å². The van der Waals surface area contributed by atoms with Crippen LogP contribution in [-0.2, 0) is 14.8 Å². The second-order valence-corrected chi connectivity index (χ2v) is 8.56. The Balaban J connectivity index is 1.72. The molecule has 0 aliphatic carbocycles. The lowest BCUT2D eigenvalue weighted by molar-refractivity contribution is 0.0921. The molecular formula is C17H21N3O4S. The van der Waals surface area contributed by atoms with Gasteiger partial charge < -0.3 is 10.1 Å². The van der Waals surface area contributed by atoms with Crippen molar-refractivity contribution < 1.29 is 17.9 Å². The smallest absolute Gasteiger partial charge is 0.270 e. The predicted octanol–water partition coefficient (Wildman–Crippen LogP) is 0.871. The third-order valence-electron chi connectivity index (χ3n) is 4.33. The monoisotopic (exact) mass is 363 g/mol. The number of sulfonamides is 1. The first-order valence-corrected chi connectivity index (χ1v) is 9.62. The summed E-state index contributed by atoms with van der Waals surface area (Å²) in [6.45, 7) is 0.607. The Morgan fingerprint density at radius 2 is 2.00 bits per heavy atom. The van der Waals surface area contributed by atoms with Gasteiger partial charge in [0.2, 0.25) is 10.0 Å². The molecule has 1 fully saturated rings. The summed E-state index contributed by atoms with van der Waals surface area (Å²) in [5.41, 5.74) is 1.05. The number of amides is 1. The molecule has 2 atom stereocenters. The van der Waals surface area contributed by atoms with Crippen LogP contribution in [0.1, 0.15) is 10.5 Å². The van der Waals surface area contributed by atoms with Crippen LogP contribution in [0, 0.1) is 5.92 Å². The molecule has 0 bridgehead atoms. The van der Waals surface area contributed by atoms with Gasteiger partial charge in [0, 0.05) is 25.4 Å². The molecule has 0 radical (unpaired) electrons. The van der Waals surface area contributed by atoms with E-state index in [2.05, 4.69) is 10.3 Å². The van der Waals surface area contributed by atoms with Crippen LogP contribution in [0.5, 0.6) is 0 Å². The average Bonchev–Trinajstić information content (AvgIpc) is 3.00. The molecular weight excluding hydrogens is 342 g/mol. The van der Waals surface area contributed by atoms with Gasteiger partial charge in [0.25, 0.3) is 5.91 Å². The maximum Gasteiger partial charge on any atom is 0.270 e. The molecule has 1 saturated heterocycles. The van der Waals surface area contributed by atoms with Crippen molar-refractivity contribution in [2.75, 3.05) is 33.1 Å². The summed E-state index contributed by atoms with van der Waals surface area (Å²) >= 11 is 0. The van der Waals surface area contributed by atoms with Gasteiger partial charge in [-0.3, -0.25) is 4.79 Å². The van der Waals surface area contributed by atoms with Gasteiger partial charge in [-0.2, -0.15) is 0 Å². The number of rotatable bonds is 5. The number of aromatic nitrogens is 1. The summed E-state index contributed by atoms with van der Waals surface area (Å²) in [6.07, 6.45) is 0. The number of ether oxygens (including phenoxy) is 1. The third kappa shape index (κ3) is 3.97. The number of nitrogens with one attached hydrogen (secondary N) is 1. The Morgan fingerprint density at radius 1 is 1.24 bits per heavy atom. The number of pyridine rings is 1. The minimum absolute atomic E-state index is 0.0594. The molecule has 1 amide bonds. The molecule has 8 heteroatoms. The number of carbonyl (C=O) groups is 1. The van der Waals surface area contributed by atoms with Crippen molar-refractivity contribution in [1.82, 2.24) is 14.6 Å². The van der Waals surface area contributed by atoms with Crippen LogP contribution in [0.4, 0.5) is 0 Å². The number of fused-ring (bicyclic) bond motifs is 1. The highest BCUT2D eigenvalue weighted by atomic mass is 32.2. The summed E-state index contributed by atoms with van der Waals surface area (Å²) in [5, 5.41) is 3.82. The molecule has 1 aromatic heterocycles. The second-order valence-electron chi connectivity index (χ2n) is 6.33. The van der Waals surface area contributed by atoms with Crippen molar-refractivity contribution in [3.63, 3.8) is 0 Å². The van der Waals surface area contributed by atoms with Crippen molar-refractivity contribution in [3.8, 4) is 0 Å². The van der Waals surface area contributed by atoms with Crippen molar-refractivity contribution in [2.24, 2.45) is 5.92 Å². The van der Waals surface area contributed by atoms with Gasteiger partial charge >= 0.3 is 0 Å². The SMILES string of the molecule is CN(C)S(=O)(=O)C[C@@H]1COC[C@H]1NC(=O)c1ccc2ccccc2n1. The van der Waals surface area contributed by atoms with E-state index in [1.807, 2.05) is 30.3 Å². The topological polar surface area (TPSA) is 88.6 Å².